The van der Waals surface area contributed by atoms with Gasteiger partial charge in [-0.3, -0.25) is 9.48 Å². The summed E-state index contributed by atoms with van der Waals surface area (Å²) in [6.45, 7) is 4.29. The van der Waals surface area contributed by atoms with Crippen molar-refractivity contribution in [2.24, 2.45) is 0 Å². The third kappa shape index (κ3) is 5.75. The number of aromatic nitrogens is 2. The first-order valence-corrected chi connectivity index (χ1v) is 9.67. The van der Waals surface area contributed by atoms with E-state index in [-0.39, 0.29) is 12.4 Å². The number of rotatable bonds is 9. The molecule has 0 unspecified atom stereocenters. The van der Waals surface area contributed by atoms with E-state index < -0.39 is 12.1 Å². The van der Waals surface area contributed by atoms with Gasteiger partial charge in [-0.15, -0.1) is 0 Å². The smallest absolute Gasteiger partial charge is 0.332 e. The second kappa shape index (κ2) is 9.80. The van der Waals surface area contributed by atoms with Crippen LogP contribution in [0, 0.1) is 6.92 Å². The lowest BCUT2D eigenvalue weighted by molar-refractivity contribution is -0.149. The summed E-state index contributed by atoms with van der Waals surface area (Å²) in [7, 11) is 0. The van der Waals surface area contributed by atoms with Crippen LogP contribution in [0.1, 0.15) is 39.7 Å². The Hall–Kier alpha value is -3.51. The van der Waals surface area contributed by atoms with Gasteiger partial charge in [0.25, 0.3) is 0 Å². The van der Waals surface area contributed by atoms with Crippen LogP contribution in [0.2, 0.25) is 0 Å². The second-order valence-corrected chi connectivity index (χ2v) is 7.05. The van der Waals surface area contributed by atoms with Crippen LogP contribution in [0.15, 0.2) is 66.9 Å². The van der Waals surface area contributed by atoms with Crippen molar-refractivity contribution in [3.05, 3.63) is 94.8 Å². The highest BCUT2D eigenvalue weighted by Crippen LogP contribution is 2.11. The van der Waals surface area contributed by atoms with Gasteiger partial charge >= 0.3 is 5.97 Å². The quantitative estimate of drug-likeness (QED) is 0.543. The van der Waals surface area contributed by atoms with E-state index in [1.807, 2.05) is 67.6 Å². The Kier molecular flexibility index (Phi) is 6.93. The van der Waals surface area contributed by atoms with Crippen molar-refractivity contribution in [2.45, 2.75) is 33.1 Å². The van der Waals surface area contributed by atoms with Crippen LogP contribution in [0.3, 0.4) is 0 Å². The molecule has 0 amide bonds. The molecular weight excluding hydrogens is 380 g/mol. The Morgan fingerprint density at radius 2 is 1.80 bits per heavy atom. The molecule has 1 N–H and O–H groups in total. The maximum absolute atomic E-state index is 12.5. The highest BCUT2D eigenvalue weighted by atomic mass is 16.5. The predicted molar refractivity (Wildman–Crippen MR) is 114 cm³/mol. The molecule has 0 aliphatic rings. The summed E-state index contributed by atoms with van der Waals surface area (Å²) < 4.78 is 6.99. The first kappa shape index (κ1) is 21.2. The van der Waals surface area contributed by atoms with E-state index in [0.717, 1.165) is 16.7 Å². The maximum atomic E-state index is 12.5. The van der Waals surface area contributed by atoms with Crippen molar-refractivity contribution in [2.75, 3.05) is 0 Å². The number of hydrogen-bond acceptors (Lipinski definition) is 4. The Balaban J connectivity index is 1.54. The zero-order valence-electron chi connectivity index (χ0n) is 17.0. The van der Waals surface area contributed by atoms with E-state index >= 15 is 0 Å². The highest BCUT2D eigenvalue weighted by Gasteiger charge is 2.12. The van der Waals surface area contributed by atoms with Gasteiger partial charge in [0.2, 0.25) is 5.78 Å². The third-order valence-electron chi connectivity index (χ3n) is 4.62. The summed E-state index contributed by atoms with van der Waals surface area (Å²) in [5.74, 6) is -1.07. The van der Waals surface area contributed by atoms with E-state index in [4.69, 9.17) is 9.84 Å². The summed E-state index contributed by atoms with van der Waals surface area (Å²) in [6.07, 6.45) is 4.88. The van der Waals surface area contributed by atoms with Crippen LogP contribution in [-0.4, -0.2) is 32.7 Å². The van der Waals surface area contributed by atoms with Crippen molar-refractivity contribution in [3.63, 3.8) is 0 Å². The minimum atomic E-state index is -0.975. The first-order valence-electron chi connectivity index (χ1n) is 9.67. The fourth-order valence-electron chi connectivity index (χ4n) is 2.75. The van der Waals surface area contributed by atoms with Crippen LogP contribution in [0.4, 0.5) is 0 Å². The molecule has 3 aromatic rings. The van der Waals surface area contributed by atoms with Crippen LogP contribution in [-0.2, 0) is 22.7 Å². The lowest BCUT2D eigenvalue weighted by Crippen LogP contribution is -2.19. The number of carboxylic acid groups (broad SMARTS) is 1. The van der Waals surface area contributed by atoms with Crippen LogP contribution < -0.4 is 0 Å². The van der Waals surface area contributed by atoms with Gasteiger partial charge in [0.1, 0.15) is 5.69 Å². The molecule has 154 valence electrons. The standard InChI is InChI=1S/C24H24N2O4/c1-17-5-11-21(12-6-17)23(27)22-13-15-26(25-22)14-3-4-19-7-9-20(10-8-19)16-30-18(2)24(28)29/h3-13,15,18H,14,16H2,1-2H3,(H,28,29)/b4-3+/t18-/m1/s1. The summed E-state index contributed by atoms with van der Waals surface area (Å²) >= 11 is 0. The molecule has 0 aliphatic carbocycles. The minimum Gasteiger partial charge on any atom is -0.479 e. The van der Waals surface area contributed by atoms with Gasteiger partial charge in [-0.2, -0.15) is 5.10 Å². The maximum Gasteiger partial charge on any atom is 0.332 e. The number of hydrogen-bond donors (Lipinski definition) is 1. The topological polar surface area (TPSA) is 81.4 Å². The Morgan fingerprint density at radius 1 is 1.10 bits per heavy atom. The molecule has 0 bridgehead atoms. The molecule has 2 aromatic carbocycles. The lowest BCUT2D eigenvalue weighted by atomic mass is 10.1. The molecule has 0 aliphatic heterocycles. The van der Waals surface area contributed by atoms with Gasteiger partial charge in [0, 0.05) is 11.8 Å². The van der Waals surface area contributed by atoms with Gasteiger partial charge < -0.3 is 9.84 Å². The Morgan fingerprint density at radius 3 is 2.47 bits per heavy atom. The molecular formula is C24H24N2O4. The number of carbonyl (C=O) groups is 2. The second-order valence-electron chi connectivity index (χ2n) is 7.05. The van der Waals surface area contributed by atoms with Gasteiger partial charge in [-0.05, 0) is 31.0 Å². The third-order valence-corrected chi connectivity index (χ3v) is 4.62. The molecule has 0 spiro atoms. The molecule has 1 heterocycles. The van der Waals surface area contributed by atoms with Gasteiger partial charge in [-0.1, -0.05) is 66.2 Å². The van der Waals surface area contributed by atoms with E-state index in [2.05, 4.69) is 5.10 Å². The Bertz CT molecular complexity index is 1030. The first-order chi connectivity index (χ1) is 14.4. The lowest BCUT2D eigenvalue weighted by Gasteiger charge is -2.08. The molecule has 0 fully saturated rings. The average molecular weight is 404 g/mol. The number of carboxylic acids is 1. The normalized spacial score (nSPS) is 12.2. The summed E-state index contributed by atoms with van der Waals surface area (Å²) in [4.78, 5) is 23.3. The van der Waals surface area contributed by atoms with Gasteiger partial charge in [-0.25, -0.2) is 4.79 Å². The van der Waals surface area contributed by atoms with Gasteiger partial charge in [0.15, 0.2) is 6.10 Å². The van der Waals surface area contributed by atoms with Crippen LogP contribution in [0.25, 0.3) is 6.08 Å². The number of carbonyl (C=O) groups excluding carboxylic acids is 1. The average Bonchev–Trinajstić information content (AvgIpc) is 3.22. The molecule has 6 nitrogen and oxygen atoms in total. The van der Waals surface area contributed by atoms with Crippen molar-refractivity contribution in [3.8, 4) is 0 Å². The Labute approximate surface area is 175 Å². The fraction of sp³-hybridized carbons (Fsp3) is 0.208. The van der Waals surface area contributed by atoms with E-state index in [9.17, 15) is 9.59 Å². The monoisotopic (exact) mass is 404 g/mol. The van der Waals surface area contributed by atoms with Crippen molar-refractivity contribution in [1.29, 1.82) is 0 Å². The molecule has 30 heavy (non-hydrogen) atoms. The molecule has 3 rings (SSSR count). The van der Waals surface area contributed by atoms with Crippen molar-refractivity contribution >= 4 is 17.8 Å². The largest absolute Gasteiger partial charge is 0.479 e. The fourth-order valence-corrected chi connectivity index (χ4v) is 2.75. The summed E-state index contributed by atoms with van der Waals surface area (Å²) in [6, 6.07) is 16.9. The SMILES string of the molecule is Cc1ccc(C(=O)c2ccn(C/C=C/c3ccc(CO[C@H](C)C(=O)O)cc3)n2)cc1. The van der Waals surface area contributed by atoms with Crippen molar-refractivity contribution in [1.82, 2.24) is 9.78 Å². The molecule has 1 aromatic heterocycles. The summed E-state index contributed by atoms with van der Waals surface area (Å²) in [5, 5.41) is 13.2. The van der Waals surface area contributed by atoms with Gasteiger partial charge in [0.05, 0.1) is 13.2 Å². The number of benzene rings is 2. The van der Waals surface area contributed by atoms with Crippen LogP contribution >= 0.6 is 0 Å². The molecule has 1 atom stereocenters. The van der Waals surface area contributed by atoms with Crippen LogP contribution in [0.5, 0.6) is 0 Å². The number of aliphatic carboxylic acids is 1. The number of ketones is 1. The number of ether oxygens (including phenoxy) is 1. The van der Waals surface area contributed by atoms with E-state index in [1.165, 1.54) is 6.92 Å². The number of nitrogens with zero attached hydrogens (tertiary/aromatic N) is 2. The highest BCUT2D eigenvalue weighted by molar-refractivity contribution is 6.07. The number of allylic oxidation sites excluding steroid dienone is 1. The predicted octanol–water partition coefficient (Wildman–Crippen LogP) is 4.13. The van der Waals surface area contributed by atoms with E-state index in [0.29, 0.717) is 17.8 Å². The zero-order valence-corrected chi connectivity index (χ0v) is 17.0. The molecule has 0 saturated carbocycles. The molecule has 0 radical (unpaired) electrons. The summed E-state index contributed by atoms with van der Waals surface area (Å²) in [5.41, 5.74) is 4.08. The minimum absolute atomic E-state index is 0.0900. The molecule has 6 heteroatoms. The van der Waals surface area contributed by atoms with Crippen molar-refractivity contribution < 1.29 is 19.4 Å². The van der Waals surface area contributed by atoms with E-state index in [1.54, 1.807) is 16.9 Å². The molecule has 0 saturated heterocycles. The number of aryl methyl sites for hydroxylation is 1. The zero-order chi connectivity index (χ0) is 21.5.